The second-order valence-electron chi connectivity index (χ2n) is 3.49. The number of hydrogen-bond acceptors (Lipinski definition) is 5. The van der Waals surface area contributed by atoms with Crippen LogP contribution in [0.4, 0.5) is 0 Å². The second kappa shape index (κ2) is 5.57. The summed E-state index contributed by atoms with van der Waals surface area (Å²) in [5.41, 5.74) is 2.74. The molecule has 2 aromatic rings. The van der Waals surface area contributed by atoms with E-state index in [9.17, 15) is 14.2 Å². The minimum atomic E-state index is -1.06. The Balaban J connectivity index is 2.30. The predicted octanol–water partition coefficient (Wildman–Crippen LogP) is 2.54. The van der Waals surface area contributed by atoms with Gasteiger partial charge in [0.05, 0.1) is 0 Å². The van der Waals surface area contributed by atoms with E-state index in [-0.39, 0.29) is 25.8 Å². The van der Waals surface area contributed by atoms with Gasteiger partial charge in [-0.15, -0.1) is 0 Å². The molecule has 1 N–H and O–H groups in total. The van der Waals surface area contributed by atoms with Crippen LogP contribution in [0.25, 0.3) is 11.0 Å². The predicted molar refractivity (Wildman–Crippen MR) is 65.0 cm³/mol. The Hall–Kier alpha value is -2.29. The van der Waals surface area contributed by atoms with Gasteiger partial charge in [0.2, 0.25) is 0 Å². The Bertz CT molecular complexity index is 755. The molecule has 0 aliphatic rings. The molecule has 0 bridgehead atoms. The molecule has 19 heavy (non-hydrogen) atoms. The van der Waals surface area contributed by atoms with Crippen molar-refractivity contribution in [2.45, 2.75) is 0 Å². The topological polar surface area (TPSA) is 93.8 Å². The van der Waals surface area contributed by atoms with E-state index >= 15 is 0 Å². The second-order valence-corrected chi connectivity index (χ2v) is 3.99. The van der Waals surface area contributed by atoms with Crippen LogP contribution in [0.3, 0.4) is 0 Å². The van der Waals surface area contributed by atoms with Crippen LogP contribution in [-0.2, 0) is 9.30 Å². The standard InChI is InChI=1S/C12H7O6P/c13-11(14)7-1-2-9-8(5-7)6-10(18-9)12(15)17-3-4-19-16/h1-2,5-6H,3H2,(H,13,14). The minimum absolute atomic E-state index is 0.0538. The molecular weight excluding hydrogens is 271 g/mol. The van der Waals surface area contributed by atoms with Crippen molar-refractivity contribution in [3.05, 3.63) is 35.6 Å². The van der Waals surface area contributed by atoms with Crippen LogP contribution < -0.4 is 0 Å². The van der Waals surface area contributed by atoms with Gasteiger partial charge in [0.25, 0.3) is 0 Å². The summed E-state index contributed by atoms with van der Waals surface area (Å²) >= 11 is 0. The molecule has 0 saturated heterocycles. The summed E-state index contributed by atoms with van der Waals surface area (Å²) < 4.78 is 20.0. The van der Waals surface area contributed by atoms with Crippen molar-refractivity contribution >= 4 is 30.8 Å². The van der Waals surface area contributed by atoms with Crippen molar-refractivity contribution in [1.82, 2.24) is 0 Å². The monoisotopic (exact) mass is 278 g/mol. The number of carbonyl (C=O) groups excluding carboxylic acids is 1. The Morgan fingerprint density at radius 2 is 2.16 bits per heavy atom. The van der Waals surface area contributed by atoms with Gasteiger partial charge in [-0.3, -0.25) is 0 Å². The molecule has 7 heteroatoms. The third kappa shape index (κ3) is 2.94. The summed E-state index contributed by atoms with van der Waals surface area (Å²) in [4.78, 5) is 22.3. The van der Waals surface area contributed by atoms with Crippen molar-refractivity contribution in [3.8, 4) is 5.63 Å². The zero-order chi connectivity index (χ0) is 13.8. The first-order chi connectivity index (χ1) is 9.11. The van der Waals surface area contributed by atoms with Gasteiger partial charge in [0.1, 0.15) is 0 Å². The Morgan fingerprint density at radius 1 is 1.37 bits per heavy atom. The van der Waals surface area contributed by atoms with Gasteiger partial charge in [0.15, 0.2) is 0 Å². The summed E-state index contributed by atoms with van der Waals surface area (Å²) in [6, 6.07) is 5.62. The van der Waals surface area contributed by atoms with Gasteiger partial charge in [-0.25, -0.2) is 0 Å². The number of esters is 1. The molecule has 6 nitrogen and oxygen atoms in total. The molecule has 0 aliphatic heterocycles. The zero-order valence-electron chi connectivity index (χ0n) is 9.45. The number of hydrogen-bond donors (Lipinski definition) is 1. The average molecular weight is 278 g/mol. The summed E-state index contributed by atoms with van der Waals surface area (Å²) in [7, 11) is -0.348. The third-order valence-corrected chi connectivity index (χ3v) is 2.55. The number of fused-ring (bicyclic) bond motifs is 1. The maximum absolute atomic E-state index is 11.5. The van der Waals surface area contributed by atoms with Gasteiger partial charge >= 0.3 is 107 Å². The molecule has 0 unspecified atom stereocenters. The molecule has 96 valence electrons. The maximum atomic E-state index is 11.5. The third-order valence-electron chi connectivity index (χ3n) is 2.30. The number of furan rings is 1. The average Bonchev–Trinajstić information content (AvgIpc) is 2.81. The fourth-order valence-electron chi connectivity index (χ4n) is 1.47. The van der Waals surface area contributed by atoms with Crippen molar-refractivity contribution in [3.63, 3.8) is 0 Å². The van der Waals surface area contributed by atoms with E-state index in [2.05, 4.69) is 5.63 Å². The quantitative estimate of drug-likeness (QED) is 0.684. The van der Waals surface area contributed by atoms with Crippen LogP contribution in [0.2, 0.25) is 0 Å². The first-order valence-corrected chi connectivity index (χ1v) is 5.92. The van der Waals surface area contributed by atoms with Crippen LogP contribution in [0.1, 0.15) is 20.9 Å². The van der Waals surface area contributed by atoms with Gasteiger partial charge < -0.3 is 0 Å². The number of carboxylic acids is 1. The van der Waals surface area contributed by atoms with Crippen LogP contribution in [0.5, 0.6) is 0 Å². The van der Waals surface area contributed by atoms with Crippen LogP contribution in [0, 0.1) is 5.63 Å². The van der Waals surface area contributed by atoms with Crippen molar-refractivity contribution in [2.75, 3.05) is 6.61 Å². The number of carboxylic acid groups (broad SMARTS) is 1. The Kier molecular flexibility index (Phi) is 3.85. The van der Waals surface area contributed by atoms with Gasteiger partial charge in [-0.1, -0.05) is 0 Å². The summed E-state index contributed by atoms with van der Waals surface area (Å²) in [5, 5.41) is 9.33. The van der Waals surface area contributed by atoms with Crippen LogP contribution >= 0.6 is 7.92 Å². The van der Waals surface area contributed by atoms with Crippen molar-refractivity contribution < 1.29 is 28.4 Å². The first kappa shape index (κ1) is 13.1. The van der Waals surface area contributed by atoms with Gasteiger partial charge in [-0.05, 0) is 0 Å². The number of benzene rings is 1. The first-order valence-electron chi connectivity index (χ1n) is 5.11. The fourth-order valence-corrected chi connectivity index (χ4v) is 1.59. The van der Waals surface area contributed by atoms with E-state index in [1.807, 2.05) is 0 Å². The Morgan fingerprint density at radius 3 is 2.84 bits per heavy atom. The number of ether oxygens (including phenoxy) is 1. The van der Waals surface area contributed by atoms with Crippen molar-refractivity contribution in [2.24, 2.45) is 0 Å². The van der Waals surface area contributed by atoms with Gasteiger partial charge in [0, 0.05) is 0 Å². The molecule has 0 spiro atoms. The van der Waals surface area contributed by atoms with E-state index in [0.717, 1.165) is 0 Å². The molecule has 2 rings (SSSR count). The van der Waals surface area contributed by atoms with E-state index in [1.165, 1.54) is 24.3 Å². The molecule has 1 aromatic carbocycles. The van der Waals surface area contributed by atoms with E-state index in [0.29, 0.717) is 11.0 Å². The van der Waals surface area contributed by atoms with E-state index in [4.69, 9.17) is 14.3 Å². The number of rotatable bonds is 3. The normalized spacial score (nSPS) is 9.89. The van der Waals surface area contributed by atoms with Crippen molar-refractivity contribution in [1.29, 1.82) is 0 Å². The molecule has 0 saturated carbocycles. The molecule has 1 aromatic heterocycles. The molecule has 0 aliphatic carbocycles. The SMILES string of the molecule is O=P#CCOC(=O)c1cc2cc(C(=O)O)ccc2o1. The molecule has 0 fully saturated rings. The fraction of sp³-hybridized carbons (Fsp3) is 0.0833. The molecule has 0 radical (unpaired) electrons. The van der Waals surface area contributed by atoms with Crippen LogP contribution in [-0.4, -0.2) is 23.7 Å². The zero-order valence-corrected chi connectivity index (χ0v) is 10.3. The van der Waals surface area contributed by atoms with Crippen LogP contribution in [0.15, 0.2) is 28.7 Å². The molecule has 0 atom stereocenters. The summed E-state index contributed by atoms with van der Waals surface area (Å²) in [5.74, 6) is -1.85. The summed E-state index contributed by atoms with van der Waals surface area (Å²) in [6.45, 7) is -0.221. The van der Waals surface area contributed by atoms with Gasteiger partial charge in [-0.2, -0.15) is 0 Å². The molecule has 0 amide bonds. The molecular formula is C12H7O6P. The number of carbonyl (C=O) groups is 2. The van der Waals surface area contributed by atoms with E-state index < -0.39 is 11.9 Å². The Labute approximate surface area is 108 Å². The van der Waals surface area contributed by atoms with E-state index in [1.54, 1.807) is 0 Å². The number of aromatic carboxylic acids is 1. The molecule has 1 heterocycles. The summed E-state index contributed by atoms with van der Waals surface area (Å²) in [6.07, 6.45) is 0.